The van der Waals surface area contributed by atoms with E-state index in [1.54, 1.807) is 25.2 Å². The predicted octanol–water partition coefficient (Wildman–Crippen LogP) is 4.47. The zero-order valence-electron chi connectivity index (χ0n) is 15.4. The predicted molar refractivity (Wildman–Crippen MR) is 111 cm³/mol. The van der Waals surface area contributed by atoms with Crippen LogP contribution < -0.4 is 10.6 Å². The second kappa shape index (κ2) is 11.2. The molecule has 0 unspecified atom stereocenters. The van der Waals surface area contributed by atoms with Gasteiger partial charge >= 0.3 is 6.18 Å². The molecule has 2 aromatic carbocycles. The van der Waals surface area contributed by atoms with Crippen molar-refractivity contribution in [1.29, 1.82) is 0 Å². The third-order valence-electron chi connectivity index (χ3n) is 3.81. The van der Waals surface area contributed by atoms with E-state index in [1.165, 1.54) is 19.2 Å². The number of nitrogens with one attached hydrogen (secondary N) is 2. The van der Waals surface area contributed by atoms with Crippen LogP contribution >= 0.6 is 24.0 Å². The van der Waals surface area contributed by atoms with Gasteiger partial charge in [-0.25, -0.2) is 4.39 Å². The van der Waals surface area contributed by atoms with Crippen molar-refractivity contribution in [1.82, 2.24) is 10.6 Å². The van der Waals surface area contributed by atoms with Crippen molar-refractivity contribution < 1.29 is 22.3 Å². The summed E-state index contributed by atoms with van der Waals surface area (Å²) in [6.07, 6.45) is -4.38. The van der Waals surface area contributed by atoms with Crippen molar-refractivity contribution in [3.63, 3.8) is 0 Å². The van der Waals surface area contributed by atoms with Crippen LogP contribution in [-0.2, 0) is 30.6 Å². The quantitative estimate of drug-likeness (QED) is 0.261. The molecule has 28 heavy (non-hydrogen) atoms. The van der Waals surface area contributed by atoms with Gasteiger partial charge in [-0.05, 0) is 35.4 Å². The van der Waals surface area contributed by atoms with Crippen LogP contribution in [0.2, 0.25) is 0 Å². The molecule has 0 heterocycles. The fourth-order valence-electron chi connectivity index (χ4n) is 2.45. The van der Waals surface area contributed by atoms with E-state index >= 15 is 0 Å². The Kier molecular flexibility index (Phi) is 9.66. The SMILES string of the molecule is CN=C(NCc1cccc(C(F)(F)F)c1)NCc1ccc(F)c(COC)c1.I. The molecular weight excluding hydrogens is 489 g/mol. The first-order valence-electron chi connectivity index (χ1n) is 8.20. The monoisotopic (exact) mass is 511 g/mol. The van der Waals surface area contributed by atoms with E-state index < -0.39 is 11.7 Å². The van der Waals surface area contributed by atoms with Gasteiger partial charge in [0.1, 0.15) is 5.82 Å². The topological polar surface area (TPSA) is 45.7 Å². The summed E-state index contributed by atoms with van der Waals surface area (Å²) in [4.78, 5) is 4.04. The normalized spacial score (nSPS) is 11.7. The largest absolute Gasteiger partial charge is 0.416 e. The first kappa shape index (κ1) is 24.2. The second-order valence-corrected chi connectivity index (χ2v) is 5.84. The van der Waals surface area contributed by atoms with Gasteiger partial charge < -0.3 is 15.4 Å². The van der Waals surface area contributed by atoms with E-state index in [0.29, 0.717) is 23.6 Å². The summed E-state index contributed by atoms with van der Waals surface area (Å²) in [6.45, 7) is 0.726. The summed E-state index contributed by atoms with van der Waals surface area (Å²) < 4.78 is 56.9. The number of hydrogen-bond donors (Lipinski definition) is 2. The van der Waals surface area contributed by atoms with E-state index in [4.69, 9.17) is 4.74 Å². The van der Waals surface area contributed by atoms with Gasteiger partial charge in [0.25, 0.3) is 0 Å². The molecule has 154 valence electrons. The summed E-state index contributed by atoms with van der Waals surface area (Å²) in [7, 11) is 3.05. The van der Waals surface area contributed by atoms with Crippen molar-refractivity contribution in [3.8, 4) is 0 Å². The lowest BCUT2D eigenvalue weighted by Crippen LogP contribution is -2.36. The maximum Gasteiger partial charge on any atom is 0.416 e. The summed E-state index contributed by atoms with van der Waals surface area (Å²) in [5.74, 6) is 0.0812. The Hall–Kier alpha value is -1.88. The van der Waals surface area contributed by atoms with Crippen LogP contribution in [0.4, 0.5) is 17.6 Å². The van der Waals surface area contributed by atoms with Gasteiger partial charge in [-0.1, -0.05) is 18.2 Å². The molecule has 0 aliphatic carbocycles. The van der Waals surface area contributed by atoms with Crippen LogP contribution in [0.3, 0.4) is 0 Å². The van der Waals surface area contributed by atoms with Gasteiger partial charge in [-0.15, -0.1) is 24.0 Å². The lowest BCUT2D eigenvalue weighted by atomic mass is 10.1. The minimum Gasteiger partial charge on any atom is -0.380 e. The zero-order valence-corrected chi connectivity index (χ0v) is 17.8. The average molecular weight is 511 g/mol. The molecule has 9 heteroatoms. The Bertz CT molecular complexity index is 797. The van der Waals surface area contributed by atoms with E-state index in [0.717, 1.165) is 17.7 Å². The van der Waals surface area contributed by atoms with Crippen molar-refractivity contribution >= 4 is 29.9 Å². The summed E-state index contributed by atoms with van der Waals surface area (Å²) in [5.41, 5.74) is 1.06. The number of rotatable bonds is 6. The first-order valence-corrected chi connectivity index (χ1v) is 8.20. The molecule has 0 spiro atoms. The number of methoxy groups -OCH3 is 1. The minimum absolute atomic E-state index is 0. The minimum atomic E-state index is -4.38. The van der Waals surface area contributed by atoms with Gasteiger partial charge in [0.2, 0.25) is 0 Å². The lowest BCUT2D eigenvalue weighted by molar-refractivity contribution is -0.137. The molecule has 4 nitrogen and oxygen atoms in total. The van der Waals surface area contributed by atoms with Crippen LogP contribution in [0, 0.1) is 5.82 Å². The fourth-order valence-corrected chi connectivity index (χ4v) is 2.45. The highest BCUT2D eigenvalue weighted by Crippen LogP contribution is 2.29. The molecule has 2 aromatic rings. The van der Waals surface area contributed by atoms with E-state index in [2.05, 4.69) is 15.6 Å². The van der Waals surface area contributed by atoms with Gasteiger partial charge in [0.15, 0.2) is 5.96 Å². The summed E-state index contributed by atoms with van der Waals surface area (Å²) >= 11 is 0. The van der Waals surface area contributed by atoms with Crippen molar-refractivity contribution in [2.45, 2.75) is 25.9 Å². The number of guanidine groups is 1. The number of halogens is 5. The molecule has 2 N–H and O–H groups in total. The highest BCUT2D eigenvalue weighted by molar-refractivity contribution is 14.0. The molecule has 0 amide bonds. The molecule has 0 aliphatic heterocycles. The molecule has 2 rings (SSSR count). The lowest BCUT2D eigenvalue weighted by Gasteiger charge is -2.14. The van der Waals surface area contributed by atoms with Crippen molar-refractivity contribution in [2.75, 3.05) is 14.2 Å². The molecule has 0 radical (unpaired) electrons. The molecule has 0 bridgehead atoms. The summed E-state index contributed by atoms with van der Waals surface area (Å²) in [5, 5.41) is 6.00. The van der Waals surface area contributed by atoms with Crippen molar-refractivity contribution in [3.05, 3.63) is 70.5 Å². The smallest absolute Gasteiger partial charge is 0.380 e. The Balaban J connectivity index is 0.00000392. The number of nitrogens with zero attached hydrogens (tertiary/aromatic N) is 1. The number of ether oxygens (including phenoxy) is 1. The third-order valence-corrected chi connectivity index (χ3v) is 3.81. The maximum absolute atomic E-state index is 13.6. The number of alkyl halides is 3. The second-order valence-electron chi connectivity index (χ2n) is 5.84. The maximum atomic E-state index is 13.6. The Morgan fingerprint density at radius 2 is 1.68 bits per heavy atom. The van der Waals surface area contributed by atoms with Crippen LogP contribution in [0.15, 0.2) is 47.5 Å². The van der Waals surface area contributed by atoms with Crippen LogP contribution in [0.5, 0.6) is 0 Å². The van der Waals surface area contributed by atoms with Gasteiger partial charge in [0, 0.05) is 32.8 Å². The van der Waals surface area contributed by atoms with E-state index in [1.807, 2.05) is 0 Å². The van der Waals surface area contributed by atoms with Crippen molar-refractivity contribution in [2.24, 2.45) is 4.99 Å². The molecular formula is C19H22F4IN3O. The number of hydrogen-bond acceptors (Lipinski definition) is 2. The van der Waals surface area contributed by atoms with Crippen LogP contribution in [0.1, 0.15) is 22.3 Å². The van der Waals surface area contributed by atoms with Gasteiger partial charge in [0.05, 0.1) is 12.2 Å². The molecule has 0 saturated heterocycles. The first-order chi connectivity index (χ1) is 12.8. The molecule has 0 aliphatic rings. The third kappa shape index (κ3) is 7.27. The Morgan fingerprint density at radius 3 is 2.25 bits per heavy atom. The standard InChI is InChI=1S/C19H21F4N3O.HI/c1-24-18(25-10-13-4-3-5-16(9-13)19(21,22)23)26-11-14-6-7-17(20)15(8-14)12-27-2;/h3-9H,10-12H2,1-2H3,(H2,24,25,26);1H. The number of aliphatic imine (C=N–C) groups is 1. The van der Waals surface area contributed by atoms with Crippen LogP contribution in [0.25, 0.3) is 0 Å². The number of benzene rings is 2. The van der Waals surface area contributed by atoms with Gasteiger partial charge in [-0.2, -0.15) is 13.2 Å². The fraction of sp³-hybridized carbons (Fsp3) is 0.316. The Labute approximate surface area is 178 Å². The molecule has 0 fully saturated rings. The highest BCUT2D eigenvalue weighted by Gasteiger charge is 2.30. The van der Waals surface area contributed by atoms with Crippen LogP contribution in [-0.4, -0.2) is 20.1 Å². The average Bonchev–Trinajstić information content (AvgIpc) is 2.64. The van der Waals surface area contributed by atoms with E-state index in [9.17, 15) is 17.6 Å². The highest BCUT2D eigenvalue weighted by atomic mass is 127. The molecule has 0 aromatic heterocycles. The zero-order chi connectivity index (χ0) is 19.9. The van der Waals surface area contributed by atoms with Gasteiger partial charge in [-0.3, -0.25) is 4.99 Å². The molecule has 0 atom stereocenters. The summed E-state index contributed by atoms with van der Waals surface area (Å²) in [6, 6.07) is 9.79. The Morgan fingerprint density at radius 1 is 1.04 bits per heavy atom. The van der Waals surface area contributed by atoms with E-state index in [-0.39, 0.29) is 42.9 Å². The molecule has 0 saturated carbocycles.